The van der Waals surface area contributed by atoms with E-state index in [0.717, 1.165) is 41.2 Å². The molecule has 0 saturated carbocycles. The Hall–Kier alpha value is -2.69. The Balaban J connectivity index is 1.93. The average Bonchev–Trinajstić information content (AvgIpc) is 3.01. The van der Waals surface area contributed by atoms with Gasteiger partial charge in [0, 0.05) is 17.7 Å². The molecule has 1 heterocycles. The molecule has 0 spiro atoms. The van der Waals surface area contributed by atoms with Crippen molar-refractivity contribution in [3.05, 3.63) is 36.4 Å². The van der Waals surface area contributed by atoms with Gasteiger partial charge in [0.15, 0.2) is 11.5 Å². The van der Waals surface area contributed by atoms with Crippen LogP contribution in [-0.4, -0.2) is 30.8 Å². The Morgan fingerprint density at radius 1 is 1.00 bits per heavy atom. The Kier molecular flexibility index (Phi) is 4.37. The predicted octanol–water partition coefficient (Wildman–Crippen LogP) is 4.04. The van der Waals surface area contributed by atoms with Gasteiger partial charge in [-0.3, -0.25) is 0 Å². The lowest BCUT2D eigenvalue weighted by Crippen LogP contribution is -1.94. The summed E-state index contributed by atoms with van der Waals surface area (Å²) >= 11 is 0. The minimum atomic E-state index is 0.668. The van der Waals surface area contributed by atoms with Crippen molar-refractivity contribution in [1.82, 2.24) is 9.97 Å². The Labute approximate surface area is 135 Å². The van der Waals surface area contributed by atoms with Gasteiger partial charge in [-0.2, -0.15) is 0 Å². The summed E-state index contributed by atoms with van der Waals surface area (Å²) in [7, 11) is 3.24. The van der Waals surface area contributed by atoms with Crippen LogP contribution in [-0.2, 0) is 0 Å². The zero-order chi connectivity index (χ0) is 16.2. The molecule has 0 aliphatic heterocycles. The van der Waals surface area contributed by atoms with E-state index < -0.39 is 0 Å². The minimum Gasteiger partial charge on any atom is -0.494 e. The Morgan fingerprint density at radius 3 is 2.35 bits per heavy atom. The van der Waals surface area contributed by atoms with Crippen LogP contribution in [0.5, 0.6) is 17.2 Å². The molecule has 0 aliphatic rings. The number of ether oxygens (including phenoxy) is 3. The number of nitrogens with zero attached hydrogens (tertiary/aromatic N) is 1. The second-order valence-electron chi connectivity index (χ2n) is 5.18. The lowest BCUT2D eigenvalue weighted by molar-refractivity contribution is 0.317. The van der Waals surface area contributed by atoms with E-state index in [2.05, 4.69) is 16.9 Å². The molecule has 3 aromatic rings. The number of nitrogens with one attached hydrogen (secondary N) is 1. The summed E-state index contributed by atoms with van der Waals surface area (Å²) in [6, 6.07) is 11.7. The van der Waals surface area contributed by atoms with E-state index in [-0.39, 0.29) is 0 Å². The molecule has 120 valence electrons. The normalized spacial score (nSPS) is 10.7. The third kappa shape index (κ3) is 3.08. The molecule has 0 atom stereocenters. The fraction of sp³-hybridized carbons (Fsp3) is 0.278. The van der Waals surface area contributed by atoms with Crippen LogP contribution in [0.1, 0.15) is 13.3 Å². The van der Waals surface area contributed by atoms with E-state index in [9.17, 15) is 0 Å². The third-order valence-electron chi connectivity index (χ3n) is 3.59. The zero-order valence-corrected chi connectivity index (χ0v) is 13.6. The van der Waals surface area contributed by atoms with Crippen molar-refractivity contribution >= 4 is 11.0 Å². The first kappa shape index (κ1) is 15.2. The first-order chi connectivity index (χ1) is 11.2. The fourth-order valence-corrected chi connectivity index (χ4v) is 2.40. The summed E-state index contributed by atoms with van der Waals surface area (Å²) in [5.41, 5.74) is 2.75. The Morgan fingerprint density at radius 2 is 1.70 bits per heavy atom. The maximum Gasteiger partial charge on any atom is 0.163 e. The van der Waals surface area contributed by atoms with Crippen LogP contribution in [0.3, 0.4) is 0 Å². The quantitative estimate of drug-likeness (QED) is 0.746. The lowest BCUT2D eigenvalue weighted by atomic mass is 10.2. The number of hydrogen-bond acceptors (Lipinski definition) is 4. The highest BCUT2D eigenvalue weighted by atomic mass is 16.5. The van der Waals surface area contributed by atoms with E-state index in [1.807, 2.05) is 36.4 Å². The van der Waals surface area contributed by atoms with Crippen LogP contribution in [0.25, 0.3) is 22.4 Å². The Bertz CT molecular complexity index is 753. The second-order valence-corrected chi connectivity index (χ2v) is 5.18. The van der Waals surface area contributed by atoms with Crippen molar-refractivity contribution < 1.29 is 14.2 Å². The van der Waals surface area contributed by atoms with E-state index in [1.54, 1.807) is 14.2 Å². The number of imidazole rings is 1. The van der Waals surface area contributed by atoms with Gasteiger partial charge in [0.2, 0.25) is 0 Å². The summed E-state index contributed by atoms with van der Waals surface area (Å²) < 4.78 is 16.2. The molecule has 0 unspecified atom stereocenters. The van der Waals surface area contributed by atoms with Gasteiger partial charge in [0.25, 0.3) is 0 Å². The molecule has 5 heteroatoms. The molecule has 1 N–H and O–H groups in total. The van der Waals surface area contributed by atoms with Gasteiger partial charge in [-0.15, -0.1) is 0 Å². The molecule has 23 heavy (non-hydrogen) atoms. The monoisotopic (exact) mass is 312 g/mol. The average molecular weight is 312 g/mol. The highest BCUT2D eigenvalue weighted by Gasteiger charge is 2.11. The highest BCUT2D eigenvalue weighted by Crippen LogP contribution is 2.32. The van der Waals surface area contributed by atoms with Crippen LogP contribution >= 0.6 is 0 Å². The molecule has 0 radical (unpaired) electrons. The number of H-pyrrole nitrogens is 1. The number of fused-ring (bicyclic) bond motifs is 1. The summed E-state index contributed by atoms with van der Waals surface area (Å²) in [6.45, 7) is 2.81. The molecular weight excluding hydrogens is 292 g/mol. The zero-order valence-electron chi connectivity index (χ0n) is 13.6. The van der Waals surface area contributed by atoms with Gasteiger partial charge in [-0.05, 0) is 30.7 Å². The molecular formula is C18H20N2O3. The van der Waals surface area contributed by atoms with Crippen LogP contribution in [0.2, 0.25) is 0 Å². The van der Waals surface area contributed by atoms with E-state index >= 15 is 0 Å². The van der Waals surface area contributed by atoms with Crippen LogP contribution in [0.15, 0.2) is 36.4 Å². The topological polar surface area (TPSA) is 56.4 Å². The standard InChI is InChI=1S/C18H20N2O3/c1-4-9-23-13-7-5-12(6-8-13)18-19-14-10-16(21-2)17(22-3)11-15(14)20-18/h5-8,10-11H,4,9H2,1-3H3,(H,19,20). The van der Waals surface area contributed by atoms with Gasteiger partial charge < -0.3 is 19.2 Å². The number of hydrogen-bond donors (Lipinski definition) is 1. The van der Waals surface area contributed by atoms with Gasteiger partial charge >= 0.3 is 0 Å². The summed E-state index contributed by atoms with van der Waals surface area (Å²) in [5, 5.41) is 0. The highest BCUT2D eigenvalue weighted by molar-refractivity contribution is 5.83. The maximum atomic E-state index is 5.60. The van der Waals surface area contributed by atoms with Crippen molar-refractivity contribution in [1.29, 1.82) is 0 Å². The van der Waals surface area contributed by atoms with Crippen molar-refractivity contribution in [3.63, 3.8) is 0 Å². The molecule has 0 fully saturated rings. The first-order valence-corrected chi connectivity index (χ1v) is 7.60. The molecule has 3 rings (SSSR count). The van der Waals surface area contributed by atoms with Crippen LogP contribution in [0.4, 0.5) is 0 Å². The fourth-order valence-electron chi connectivity index (χ4n) is 2.40. The first-order valence-electron chi connectivity index (χ1n) is 7.60. The summed E-state index contributed by atoms with van der Waals surface area (Å²) in [6.07, 6.45) is 0.995. The SMILES string of the molecule is CCCOc1ccc(-c2nc3cc(OC)c(OC)cc3[nH]2)cc1. The summed E-state index contributed by atoms with van der Waals surface area (Å²) in [4.78, 5) is 7.94. The molecule has 5 nitrogen and oxygen atoms in total. The van der Waals surface area contributed by atoms with Crippen LogP contribution < -0.4 is 14.2 Å². The number of methoxy groups -OCH3 is 2. The molecule has 1 aromatic heterocycles. The van der Waals surface area contributed by atoms with Crippen molar-refractivity contribution in [2.75, 3.05) is 20.8 Å². The number of rotatable bonds is 6. The maximum absolute atomic E-state index is 5.60. The summed E-state index contributed by atoms with van der Waals surface area (Å²) in [5.74, 6) is 3.02. The number of aromatic nitrogens is 2. The van der Waals surface area contributed by atoms with Gasteiger partial charge in [-0.25, -0.2) is 4.98 Å². The predicted molar refractivity (Wildman–Crippen MR) is 90.4 cm³/mol. The third-order valence-corrected chi connectivity index (χ3v) is 3.59. The van der Waals surface area contributed by atoms with E-state index in [1.165, 1.54) is 0 Å². The van der Waals surface area contributed by atoms with Gasteiger partial charge in [0.1, 0.15) is 11.6 Å². The second kappa shape index (κ2) is 6.60. The molecule has 0 bridgehead atoms. The smallest absolute Gasteiger partial charge is 0.163 e. The number of aromatic amines is 1. The number of benzene rings is 2. The van der Waals surface area contributed by atoms with Gasteiger partial charge in [-0.1, -0.05) is 6.92 Å². The molecule has 2 aromatic carbocycles. The van der Waals surface area contributed by atoms with Gasteiger partial charge in [0.05, 0.1) is 31.9 Å². The van der Waals surface area contributed by atoms with Crippen LogP contribution in [0, 0.1) is 0 Å². The minimum absolute atomic E-state index is 0.668. The molecule has 0 aliphatic carbocycles. The van der Waals surface area contributed by atoms with E-state index in [4.69, 9.17) is 14.2 Å². The molecule has 0 saturated heterocycles. The lowest BCUT2D eigenvalue weighted by Gasteiger charge is -2.06. The van der Waals surface area contributed by atoms with Crippen molar-refractivity contribution in [2.45, 2.75) is 13.3 Å². The van der Waals surface area contributed by atoms with Crippen molar-refractivity contribution in [3.8, 4) is 28.6 Å². The van der Waals surface area contributed by atoms with E-state index in [0.29, 0.717) is 11.5 Å². The molecule has 0 amide bonds. The largest absolute Gasteiger partial charge is 0.494 e. The van der Waals surface area contributed by atoms with Crippen molar-refractivity contribution in [2.24, 2.45) is 0 Å².